The number of benzene rings is 1. The Kier molecular flexibility index (Phi) is 4.72. The molecular weight excluding hydrogens is 251 g/mol. The number of aromatic carboxylic acids is 1. The molecule has 0 unspecified atom stereocenters. The van der Waals surface area contributed by atoms with Crippen LogP contribution < -0.4 is 11.1 Å². The number of carbonyl (C=O) groups is 1. The van der Waals surface area contributed by atoms with Gasteiger partial charge in [-0.3, -0.25) is 0 Å². The number of hydrogen-bond donors (Lipinski definition) is 4. The summed E-state index contributed by atoms with van der Waals surface area (Å²) < 4.78 is 13.6. The molecule has 106 valence electrons. The second-order valence-electron chi connectivity index (χ2n) is 4.50. The molecule has 5 N–H and O–H groups in total. The zero-order chi connectivity index (χ0) is 14.6. The summed E-state index contributed by atoms with van der Waals surface area (Å²) in [5.41, 5.74) is 5.10. The molecule has 0 fully saturated rings. The smallest absolute Gasteiger partial charge is 0.338 e. The molecule has 0 saturated carbocycles. The van der Waals surface area contributed by atoms with E-state index in [0.717, 1.165) is 12.1 Å². The number of halogens is 1. The molecule has 0 amide bonds. The molecule has 0 atom stereocenters. The largest absolute Gasteiger partial charge is 0.478 e. The summed E-state index contributed by atoms with van der Waals surface area (Å²) in [4.78, 5) is 10.8. The predicted octanol–water partition coefficient (Wildman–Crippen LogP) is 2.07. The van der Waals surface area contributed by atoms with Crippen molar-refractivity contribution in [1.29, 1.82) is 0 Å². The summed E-state index contributed by atoms with van der Waals surface area (Å²) in [6.45, 7) is 3.66. The van der Waals surface area contributed by atoms with Gasteiger partial charge in [0.2, 0.25) is 0 Å². The summed E-state index contributed by atoms with van der Waals surface area (Å²) in [6, 6.07) is 2.13. The van der Waals surface area contributed by atoms with Crippen LogP contribution in [0.4, 0.5) is 15.8 Å². The van der Waals surface area contributed by atoms with E-state index in [2.05, 4.69) is 5.32 Å². The summed E-state index contributed by atoms with van der Waals surface area (Å²) in [6.07, 6.45) is 1.25. The molecule has 0 heterocycles. The molecular formula is C13H19FN2O3. The highest BCUT2D eigenvalue weighted by molar-refractivity contribution is 5.90. The van der Waals surface area contributed by atoms with Crippen molar-refractivity contribution in [2.24, 2.45) is 0 Å². The van der Waals surface area contributed by atoms with Crippen molar-refractivity contribution in [3.05, 3.63) is 23.5 Å². The van der Waals surface area contributed by atoms with E-state index in [4.69, 9.17) is 10.8 Å². The van der Waals surface area contributed by atoms with Crippen LogP contribution >= 0.6 is 0 Å². The van der Waals surface area contributed by atoms with E-state index >= 15 is 0 Å². The maximum Gasteiger partial charge on any atom is 0.338 e. The number of carboxylic acids is 1. The van der Waals surface area contributed by atoms with Gasteiger partial charge in [-0.1, -0.05) is 13.8 Å². The Morgan fingerprint density at radius 2 is 2.00 bits per heavy atom. The first-order valence-corrected chi connectivity index (χ1v) is 6.10. The van der Waals surface area contributed by atoms with E-state index in [1.807, 2.05) is 13.8 Å². The SMILES string of the molecule is CCC(CC)(CO)Nc1cc(F)c(C(=O)O)cc1N. The number of rotatable bonds is 6. The lowest BCUT2D eigenvalue weighted by Crippen LogP contribution is -2.41. The number of nitrogen functional groups attached to an aromatic ring is 1. The normalized spacial score (nSPS) is 11.4. The maximum atomic E-state index is 13.6. The topological polar surface area (TPSA) is 95.6 Å². The third-order valence-corrected chi connectivity index (χ3v) is 3.43. The van der Waals surface area contributed by atoms with Gasteiger partial charge in [-0.25, -0.2) is 9.18 Å². The van der Waals surface area contributed by atoms with E-state index in [0.29, 0.717) is 18.5 Å². The highest BCUT2D eigenvalue weighted by Gasteiger charge is 2.26. The van der Waals surface area contributed by atoms with Gasteiger partial charge in [-0.15, -0.1) is 0 Å². The van der Waals surface area contributed by atoms with Crippen LogP contribution in [-0.2, 0) is 0 Å². The molecule has 0 aliphatic carbocycles. The number of aliphatic hydroxyl groups is 1. The third kappa shape index (κ3) is 3.14. The number of hydrogen-bond acceptors (Lipinski definition) is 4. The average molecular weight is 270 g/mol. The second kappa shape index (κ2) is 5.88. The Bertz CT molecular complexity index is 465. The van der Waals surface area contributed by atoms with Crippen LogP contribution in [0.15, 0.2) is 12.1 Å². The Hall–Kier alpha value is -1.82. The fraction of sp³-hybridized carbons (Fsp3) is 0.462. The molecule has 0 aliphatic heterocycles. The quantitative estimate of drug-likeness (QED) is 0.593. The van der Waals surface area contributed by atoms with Crippen molar-refractivity contribution in [3.63, 3.8) is 0 Å². The monoisotopic (exact) mass is 270 g/mol. The van der Waals surface area contributed by atoms with Gasteiger partial charge < -0.3 is 21.3 Å². The Labute approximate surface area is 111 Å². The highest BCUT2D eigenvalue weighted by atomic mass is 19.1. The minimum atomic E-state index is -1.37. The standard InChI is InChI=1S/C13H19FN2O3/c1-3-13(4-2,7-17)16-11-6-9(14)8(12(18)19)5-10(11)15/h5-6,16-17H,3-4,7,15H2,1-2H3,(H,18,19). The lowest BCUT2D eigenvalue weighted by Gasteiger charge is -2.32. The number of aliphatic hydroxyl groups excluding tert-OH is 1. The molecule has 0 spiro atoms. The first kappa shape index (κ1) is 15.2. The molecule has 6 heteroatoms. The van der Waals surface area contributed by atoms with Gasteiger partial charge in [0.25, 0.3) is 0 Å². The van der Waals surface area contributed by atoms with Gasteiger partial charge in [0.15, 0.2) is 0 Å². The zero-order valence-electron chi connectivity index (χ0n) is 11.0. The van der Waals surface area contributed by atoms with E-state index in [1.54, 1.807) is 0 Å². The molecule has 1 rings (SSSR count). The van der Waals surface area contributed by atoms with Crippen molar-refractivity contribution < 1.29 is 19.4 Å². The summed E-state index contributed by atoms with van der Waals surface area (Å²) in [5.74, 6) is -2.22. The Balaban J connectivity index is 3.16. The maximum absolute atomic E-state index is 13.6. The Morgan fingerprint density at radius 3 is 2.42 bits per heavy atom. The van der Waals surface area contributed by atoms with Crippen LogP contribution in [0, 0.1) is 5.82 Å². The van der Waals surface area contributed by atoms with Crippen LogP contribution in [0.25, 0.3) is 0 Å². The van der Waals surface area contributed by atoms with Gasteiger partial charge in [-0.05, 0) is 25.0 Å². The average Bonchev–Trinajstić information content (AvgIpc) is 2.39. The van der Waals surface area contributed by atoms with Gasteiger partial charge in [0.1, 0.15) is 5.82 Å². The van der Waals surface area contributed by atoms with Crippen LogP contribution in [-0.4, -0.2) is 28.3 Å². The van der Waals surface area contributed by atoms with Gasteiger partial charge in [-0.2, -0.15) is 0 Å². The lowest BCUT2D eigenvalue weighted by atomic mass is 9.93. The molecule has 0 aromatic heterocycles. The van der Waals surface area contributed by atoms with E-state index < -0.39 is 22.9 Å². The molecule has 0 bridgehead atoms. The van der Waals surface area contributed by atoms with E-state index in [1.165, 1.54) is 0 Å². The number of carboxylic acid groups (broad SMARTS) is 1. The zero-order valence-corrected chi connectivity index (χ0v) is 11.0. The molecule has 0 saturated heterocycles. The fourth-order valence-corrected chi connectivity index (χ4v) is 1.84. The lowest BCUT2D eigenvalue weighted by molar-refractivity contribution is 0.0692. The second-order valence-corrected chi connectivity index (χ2v) is 4.50. The molecule has 1 aromatic carbocycles. The van der Waals surface area contributed by atoms with Crippen LogP contribution in [0.5, 0.6) is 0 Å². The Morgan fingerprint density at radius 1 is 1.42 bits per heavy atom. The third-order valence-electron chi connectivity index (χ3n) is 3.43. The molecule has 0 aliphatic rings. The van der Waals surface area contributed by atoms with Crippen LogP contribution in [0.2, 0.25) is 0 Å². The molecule has 1 aromatic rings. The van der Waals surface area contributed by atoms with Crippen molar-refractivity contribution in [1.82, 2.24) is 0 Å². The van der Waals surface area contributed by atoms with E-state index in [9.17, 15) is 14.3 Å². The summed E-state index contributed by atoms with van der Waals surface area (Å²) in [7, 11) is 0. The molecule has 19 heavy (non-hydrogen) atoms. The highest BCUT2D eigenvalue weighted by Crippen LogP contribution is 2.28. The minimum Gasteiger partial charge on any atom is -0.478 e. The van der Waals surface area contributed by atoms with E-state index in [-0.39, 0.29) is 12.3 Å². The minimum absolute atomic E-state index is 0.123. The number of nitrogens with one attached hydrogen (secondary N) is 1. The first-order valence-electron chi connectivity index (χ1n) is 6.10. The predicted molar refractivity (Wildman–Crippen MR) is 71.8 cm³/mol. The van der Waals surface area contributed by atoms with Crippen molar-refractivity contribution in [2.45, 2.75) is 32.2 Å². The van der Waals surface area contributed by atoms with Crippen molar-refractivity contribution in [2.75, 3.05) is 17.7 Å². The van der Waals surface area contributed by atoms with Gasteiger partial charge >= 0.3 is 5.97 Å². The van der Waals surface area contributed by atoms with Gasteiger partial charge in [0.05, 0.1) is 29.1 Å². The summed E-state index contributed by atoms with van der Waals surface area (Å²) >= 11 is 0. The number of nitrogens with two attached hydrogens (primary N) is 1. The van der Waals surface area contributed by atoms with Crippen molar-refractivity contribution >= 4 is 17.3 Å². The van der Waals surface area contributed by atoms with Gasteiger partial charge in [0, 0.05) is 0 Å². The molecule has 0 radical (unpaired) electrons. The van der Waals surface area contributed by atoms with Crippen molar-refractivity contribution in [3.8, 4) is 0 Å². The number of anilines is 2. The van der Waals surface area contributed by atoms with Crippen LogP contribution in [0.1, 0.15) is 37.0 Å². The molecule has 5 nitrogen and oxygen atoms in total. The summed E-state index contributed by atoms with van der Waals surface area (Å²) in [5, 5.41) is 21.3. The van der Waals surface area contributed by atoms with Crippen LogP contribution in [0.3, 0.4) is 0 Å². The fourth-order valence-electron chi connectivity index (χ4n) is 1.84. The first-order chi connectivity index (χ1) is 8.89.